The number of aryl methyl sites for hydroxylation is 1. The molecular weight excluding hydrogens is 265 g/mol. The van der Waals surface area contributed by atoms with E-state index in [-0.39, 0.29) is 0 Å². The van der Waals surface area contributed by atoms with E-state index >= 15 is 0 Å². The number of benzene rings is 1. The normalized spacial score (nSPS) is 16.6. The molecule has 0 unspecified atom stereocenters. The second kappa shape index (κ2) is 4.71. The van der Waals surface area contributed by atoms with Gasteiger partial charge in [0.15, 0.2) is 0 Å². The first-order valence-electron chi connectivity index (χ1n) is 6.42. The fraction of sp³-hybridized carbons (Fsp3) is 0.400. The van der Waals surface area contributed by atoms with E-state index in [1.54, 1.807) is 0 Å². The van der Waals surface area contributed by atoms with Gasteiger partial charge in [-0.05, 0) is 43.5 Å². The minimum atomic E-state index is 0.574. The molecule has 1 nitrogen and oxygen atoms in total. The van der Waals surface area contributed by atoms with Crippen molar-refractivity contribution in [2.24, 2.45) is 0 Å². The maximum atomic E-state index is 6.38. The Bertz CT molecular complexity index is 601. The van der Waals surface area contributed by atoms with Gasteiger partial charge in [-0.25, -0.2) is 0 Å². The van der Waals surface area contributed by atoms with Crippen LogP contribution in [0.5, 0.6) is 0 Å². The molecule has 94 valence electrons. The third-order valence-electron chi connectivity index (χ3n) is 3.91. The Balaban J connectivity index is 2.21. The fourth-order valence-electron chi connectivity index (χ4n) is 2.81. The van der Waals surface area contributed by atoms with E-state index in [0.29, 0.717) is 5.92 Å². The summed E-state index contributed by atoms with van der Waals surface area (Å²) < 4.78 is 0. The summed E-state index contributed by atoms with van der Waals surface area (Å²) in [7, 11) is 0. The number of aromatic nitrogens is 1. The van der Waals surface area contributed by atoms with Gasteiger partial charge >= 0.3 is 0 Å². The van der Waals surface area contributed by atoms with E-state index in [2.05, 4.69) is 0 Å². The first kappa shape index (κ1) is 12.3. The van der Waals surface area contributed by atoms with Crippen molar-refractivity contribution in [2.45, 2.75) is 38.5 Å². The van der Waals surface area contributed by atoms with Crippen molar-refractivity contribution in [2.75, 3.05) is 0 Å². The summed E-state index contributed by atoms with van der Waals surface area (Å²) in [6.07, 6.45) is 5.07. The molecule has 1 fully saturated rings. The van der Waals surface area contributed by atoms with Crippen LogP contribution < -0.4 is 0 Å². The fourth-order valence-corrected chi connectivity index (χ4v) is 3.23. The predicted molar refractivity (Wildman–Crippen MR) is 77.7 cm³/mol. The Morgan fingerprint density at radius 1 is 1.11 bits per heavy atom. The molecule has 0 saturated heterocycles. The molecule has 0 aliphatic heterocycles. The van der Waals surface area contributed by atoms with Gasteiger partial charge in [-0.15, -0.1) is 0 Å². The highest BCUT2D eigenvalue weighted by atomic mass is 35.5. The number of halogens is 2. The number of hydrogen-bond donors (Lipinski definition) is 0. The monoisotopic (exact) mass is 279 g/mol. The van der Waals surface area contributed by atoms with Gasteiger partial charge in [0, 0.05) is 22.0 Å². The van der Waals surface area contributed by atoms with Crippen molar-refractivity contribution < 1.29 is 0 Å². The van der Waals surface area contributed by atoms with Crippen molar-refractivity contribution in [1.82, 2.24) is 4.98 Å². The zero-order valence-corrected chi connectivity index (χ0v) is 11.9. The van der Waals surface area contributed by atoms with Gasteiger partial charge in [-0.2, -0.15) is 0 Å². The van der Waals surface area contributed by atoms with Crippen LogP contribution in [0.1, 0.15) is 42.9 Å². The quantitative estimate of drug-likeness (QED) is 0.671. The third kappa shape index (κ3) is 2.00. The summed E-state index contributed by atoms with van der Waals surface area (Å²) >= 11 is 12.6. The van der Waals surface area contributed by atoms with E-state index in [1.165, 1.54) is 25.7 Å². The second-order valence-electron chi connectivity index (χ2n) is 5.08. The van der Waals surface area contributed by atoms with E-state index in [4.69, 9.17) is 28.2 Å². The van der Waals surface area contributed by atoms with E-state index in [9.17, 15) is 0 Å². The van der Waals surface area contributed by atoms with Crippen molar-refractivity contribution in [3.8, 4) is 0 Å². The maximum absolute atomic E-state index is 6.38. The number of fused-ring (bicyclic) bond motifs is 1. The van der Waals surface area contributed by atoms with E-state index < -0.39 is 0 Å². The molecular formula is C15H15Cl2N. The Kier molecular flexibility index (Phi) is 3.21. The molecule has 18 heavy (non-hydrogen) atoms. The molecule has 0 spiro atoms. The van der Waals surface area contributed by atoms with Crippen LogP contribution in [0.2, 0.25) is 10.0 Å². The lowest BCUT2D eigenvalue weighted by atomic mass is 10.0. The number of pyridine rings is 1. The summed E-state index contributed by atoms with van der Waals surface area (Å²) in [5.74, 6) is 0.574. The van der Waals surface area contributed by atoms with Crippen LogP contribution in [-0.4, -0.2) is 4.98 Å². The Hall–Kier alpha value is -0.790. The molecule has 1 aliphatic rings. The maximum Gasteiger partial charge on any atom is 0.0764 e. The highest BCUT2D eigenvalue weighted by molar-refractivity contribution is 6.36. The van der Waals surface area contributed by atoms with Gasteiger partial charge in [0.05, 0.1) is 10.5 Å². The molecule has 1 heterocycles. The summed E-state index contributed by atoms with van der Waals surface area (Å²) in [6.45, 7) is 2.01. The second-order valence-corrected chi connectivity index (χ2v) is 5.89. The van der Waals surface area contributed by atoms with Crippen LogP contribution in [0, 0.1) is 6.92 Å². The third-order valence-corrected chi connectivity index (χ3v) is 4.63. The molecule has 0 amide bonds. The zero-order valence-electron chi connectivity index (χ0n) is 10.3. The standard InChI is InChI=1S/C15H15Cl2N/c1-9-12(16)7-6-11-13(17)8-14(18-15(9)11)10-4-2-3-5-10/h6-8,10H,2-5H2,1H3. The lowest BCUT2D eigenvalue weighted by Crippen LogP contribution is -1.98. The molecule has 1 saturated carbocycles. The van der Waals surface area contributed by atoms with Gasteiger partial charge < -0.3 is 0 Å². The minimum absolute atomic E-state index is 0.574. The number of nitrogens with zero attached hydrogens (tertiary/aromatic N) is 1. The van der Waals surface area contributed by atoms with Crippen molar-refractivity contribution in [1.29, 1.82) is 0 Å². The van der Waals surface area contributed by atoms with Crippen LogP contribution in [0.3, 0.4) is 0 Å². The summed E-state index contributed by atoms with van der Waals surface area (Å²) in [5.41, 5.74) is 3.11. The highest BCUT2D eigenvalue weighted by Gasteiger charge is 2.20. The zero-order chi connectivity index (χ0) is 12.7. The molecule has 0 radical (unpaired) electrons. The lowest BCUT2D eigenvalue weighted by Gasteiger charge is -2.12. The van der Waals surface area contributed by atoms with Crippen LogP contribution in [0.15, 0.2) is 18.2 Å². The smallest absolute Gasteiger partial charge is 0.0764 e. The van der Waals surface area contributed by atoms with Crippen molar-refractivity contribution in [3.05, 3.63) is 39.5 Å². The van der Waals surface area contributed by atoms with Crippen molar-refractivity contribution >= 4 is 34.1 Å². The van der Waals surface area contributed by atoms with Crippen LogP contribution in [-0.2, 0) is 0 Å². The Morgan fingerprint density at radius 2 is 1.83 bits per heavy atom. The molecule has 1 aromatic heterocycles. The molecule has 2 aromatic rings. The molecule has 3 rings (SSSR count). The Labute approximate surface area is 117 Å². The van der Waals surface area contributed by atoms with E-state index in [0.717, 1.165) is 32.2 Å². The summed E-state index contributed by atoms with van der Waals surface area (Å²) in [6, 6.07) is 5.88. The SMILES string of the molecule is Cc1c(Cl)ccc2c(Cl)cc(C3CCCC3)nc12. The highest BCUT2D eigenvalue weighted by Crippen LogP contribution is 2.37. The molecule has 1 aliphatic carbocycles. The predicted octanol–water partition coefficient (Wildman–Crippen LogP) is 5.51. The summed E-state index contributed by atoms with van der Waals surface area (Å²) in [5, 5.41) is 2.55. The minimum Gasteiger partial charge on any atom is -0.252 e. The van der Waals surface area contributed by atoms with Crippen LogP contribution in [0.25, 0.3) is 10.9 Å². The van der Waals surface area contributed by atoms with Gasteiger partial charge in [0.25, 0.3) is 0 Å². The first-order valence-corrected chi connectivity index (χ1v) is 7.17. The number of rotatable bonds is 1. The van der Waals surface area contributed by atoms with Gasteiger partial charge in [-0.3, -0.25) is 4.98 Å². The van der Waals surface area contributed by atoms with Crippen molar-refractivity contribution in [3.63, 3.8) is 0 Å². The molecule has 0 bridgehead atoms. The van der Waals surface area contributed by atoms with Gasteiger partial charge in [0.1, 0.15) is 0 Å². The average molecular weight is 280 g/mol. The lowest BCUT2D eigenvalue weighted by molar-refractivity contribution is 0.701. The molecule has 1 aromatic carbocycles. The molecule has 0 atom stereocenters. The molecule has 0 N–H and O–H groups in total. The van der Waals surface area contributed by atoms with E-state index in [1.807, 2.05) is 25.1 Å². The molecule has 3 heteroatoms. The van der Waals surface area contributed by atoms with Crippen LogP contribution in [0.4, 0.5) is 0 Å². The number of hydrogen-bond acceptors (Lipinski definition) is 1. The largest absolute Gasteiger partial charge is 0.252 e. The summed E-state index contributed by atoms with van der Waals surface area (Å²) in [4.78, 5) is 4.81. The Morgan fingerprint density at radius 3 is 2.56 bits per heavy atom. The topological polar surface area (TPSA) is 12.9 Å². The first-order chi connectivity index (χ1) is 8.66. The average Bonchev–Trinajstić information content (AvgIpc) is 2.88. The van der Waals surface area contributed by atoms with Gasteiger partial charge in [-0.1, -0.05) is 36.0 Å². The van der Waals surface area contributed by atoms with Crippen LogP contribution >= 0.6 is 23.2 Å². The van der Waals surface area contributed by atoms with Gasteiger partial charge in [0.2, 0.25) is 0 Å².